The molecule has 1 amide bonds. The summed E-state index contributed by atoms with van der Waals surface area (Å²) in [6.45, 7) is 4.34. The SMILES string of the molecule is Cc1ccc(CN(C)[C@H](C)C(=O)Nc2sc3c(c2C#N)CCCCC3)o1. The van der Waals surface area contributed by atoms with E-state index in [9.17, 15) is 10.1 Å². The number of fused-ring (bicyclic) bond motifs is 1. The molecule has 0 unspecified atom stereocenters. The van der Waals surface area contributed by atoms with Crippen molar-refractivity contribution in [3.63, 3.8) is 0 Å². The minimum absolute atomic E-state index is 0.0938. The van der Waals surface area contributed by atoms with Crippen molar-refractivity contribution in [2.75, 3.05) is 12.4 Å². The Morgan fingerprint density at radius 1 is 1.38 bits per heavy atom. The Morgan fingerprint density at radius 2 is 2.15 bits per heavy atom. The van der Waals surface area contributed by atoms with Crippen LogP contribution in [0.4, 0.5) is 5.00 Å². The van der Waals surface area contributed by atoms with Gasteiger partial charge in [-0.15, -0.1) is 11.3 Å². The highest BCUT2D eigenvalue weighted by molar-refractivity contribution is 7.16. The third-order valence-electron chi connectivity index (χ3n) is 5.01. The van der Waals surface area contributed by atoms with Crippen molar-refractivity contribution in [1.29, 1.82) is 5.26 Å². The molecule has 0 aliphatic heterocycles. The zero-order valence-electron chi connectivity index (χ0n) is 15.6. The van der Waals surface area contributed by atoms with Crippen LogP contribution in [0.25, 0.3) is 0 Å². The minimum Gasteiger partial charge on any atom is -0.465 e. The van der Waals surface area contributed by atoms with E-state index in [1.54, 1.807) is 11.3 Å². The van der Waals surface area contributed by atoms with Gasteiger partial charge in [-0.2, -0.15) is 5.26 Å². The van der Waals surface area contributed by atoms with Crippen molar-refractivity contribution in [3.05, 3.63) is 39.7 Å². The summed E-state index contributed by atoms with van der Waals surface area (Å²) in [5.74, 6) is 1.61. The van der Waals surface area contributed by atoms with E-state index in [1.807, 2.05) is 37.9 Å². The number of nitrogens with zero attached hydrogens (tertiary/aromatic N) is 2. The van der Waals surface area contributed by atoms with Crippen molar-refractivity contribution in [2.45, 2.75) is 58.5 Å². The van der Waals surface area contributed by atoms with Gasteiger partial charge >= 0.3 is 0 Å². The summed E-state index contributed by atoms with van der Waals surface area (Å²) in [7, 11) is 1.90. The predicted octanol–water partition coefficient (Wildman–Crippen LogP) is 4.25. The highest BCUT2D eigenvalue weighted by atomic mass is 32.1. The lowest BCUT2D eigenvalue weighted by Crippen LogP contribution is -2.39. The predicted molar refractivity (Wildman–Crippen MR) is 103 cm³/mol. The number of nitriles is 1. The molecule has 138 valence electrons. The van der Waals surface area contributed by atoms with Crippen molar-refractivity contribution in [3.8, 4) is 6.07 Å². The normalized spacial score (nSPS) is 15.2. The molecular weight excluding hydrogens is 346 g/mol. The maximum atomic E-state index is 12.7. The molecule has 0 fully saturated rings. The second-order valence-corrected chi connectivity index (χ2v) is 8.08. The minimum atomic E-state index is -0.325. The van der Waals surface area contributed by atoms with E-state index in [-0.39, 0.29) is 11.9 Å². The van der Waals surface area contributed by atoms with Crippen LogP contribution in [-0.2, 0) is 24.2 Å². The maximum Gasteiger partial charge on any atom is 0.242 e. The molecule has 1 N–H and O–H groups in total. The van der Waals surface area contributed by atoms with Crippen LogP contribution in [0.1, 0.15) is 53.7 Å². The van der Waals surface area contributed by atoms with Gasteiger partial charge in [0.1, 0.15) is 22.6 Å². The van der Waals surface area contributed by atoms with Gasteiger partial charge in [0.25, 0.3) is 0 Å². The Balaban J connectivity index is 1.70. The number of aryl methyl sites for hydroxylation is 2. The molecule has 1 aliphatic carbocycles. The summed E-state index contributed by atoms with van der Waals surface area (Å²) in [6.07, 6.45) is 5.44. The topological polar surface area (TPSA) is 69.3 Å². The van der Waals surface area contributed by atoms with Crippen LogP contribution in [0.3, 0.4) is 0 Å². The van der Waals surface area contributed by atoms with Crippen LogP contribution in [0, 0.1) is 18.3 Å². The van der Waals surface area contributed by atoms with Crippen LogP contribution in [0.2, 0.25) is 0 Å². The summed E-state index contributed by atoms with van der Waals surface area (Å²) in [4.78, 5) is 15.9. The van der Waals surface area contributed by atoms with Gasteiger partial charge in [-0.1, -0.05) is 6.42 Å². The molecule has 2 aromatic heterocycles. The van der Waals surface area contributed by atoms with E-state index in [0.717, 1.165) is 42.8 Å². The molecule has 0 radical (unpaired) electrons. The van der Waals surface area contributed by atoms with Gasteiger partial charge in [-0.25, -0.2) is 0 Å². The Bertz CT molecular complexity index is 831. The van der Waals surface area contributed by atoms with Crippen LogP contribution in [-0.4, -0.2) is 23.9 Å². The third-order valence-corrected chi connectivity index (χ3v) is 6.22. The molecule has 1 aliphatic rings. The van der Waals surface area contributed by atoms with Crippen LogP contribution in [0.15, 0.2) is 16.5 Å². The first-order valence-corrected chi connectivity index (χ1v) is 9.92. The molecule has 2 aromatic rings. The molecule has 0 saturated heterocycles. The molecule has 0 bridgehead atoms. The van der Waals surface area contributed by atoms with Crippen molar-refractivity contribution in [1.82, 2.24) is 4.90 Å². The number of carbonyl (C=O) groups is 1. The van der Waals surface area contributed by atoms with Gasteiger partial charge < -0.3 is 9.73 Å². The molecule has 5 nitrogen and oxygen atoms in total. The number of anilines is 1. The maximum absolute atomic E-state index is 12.7. The average Bonchev–Trinajstić information content (AvgIpc) is 3.08. The number of carbonyl (C=O) groups excluding carboxylic acids is 1. The standard InChI is InChI=1S/C20H25N3O2S/c1-13-9-10-15(25-13)12-23(3)14(2)19(24)22-20-17(11-21)16-7-5-4-6-8-18(16)26-20/h9-10,14H,4-8,12H2,1-3H3,(H,22,24)/t14-/m1/s1. The molecule has 2 heterocycles. The Labute approximate surface area is 158 Å². The van der Waals surface area contributed by atoms with E-state index in [4.69, 9.17) is 4.42 Å². The molecule has 0 aromatic carbocycles. The molecular formula is C20H25N3O2S. The molecule has 6 heteroatoms. The number of hydrogen-bond acceptors (Lipinski definition) is 5. The highest BCUT2D eigenvalue weighted by Crippen LogP contribution is 2.37. The van der Waals surface area contributed by atoms with Gasteiger partial charge in [0.05, 0.1) is 18.2 Å². The van der Waals surface area contributed by atoms with Crippen molar-refractivity contribution >= 4 is 22.2 Å². The number of furan rings is 1. The molecule has 0 spiro atoms. The number of rotatable bonds is 5. The second-order valence-electron chi connectivity index (χ2n) is 6.97. The largest absolute Gasteiger partial charge is 0.465 e. The summed E-state index contributed by atoms with van der Waals surface area (Å²) < 4.78 is 5.59. The van der Waals surface area contributed by atoms with Gasteiger partial charge in [0.15, 0.2) is 0 Å². The zero-order chi connectivity index (χ0) is 18.7. The van der Waals surface area contributed by atoms with E-state index >= 15 is 0 Å². The molecule has 26 heavy (non-hydrogen) atoms. The first-order chi connectivity index (χ1) is 12.5. The lowest BCUT2D eigenvalue weighted by molar-refractivity contribution is -0.120. The fraction of sp³-hybridized carbons (Fsp3) is 0.500. The summed E-state index contributed by atoms with van der Waals surface area (Å²) in [6, 6.07) is 5.84. The van der Waals surface area contributed by atoms with E-state index in [1.165, 1.54) is 11.3 Å². The van der Waals surface area contributed by atoms with Crippen LogP contribution >= 0.6 is 11.3 Å². The van der Waals surface area contributed by atoms with Gasteiger partial charge in [-0.3, -0.25) is 9.69 Å². The Hall–Kier alpha value is -2.10. The number of nitrogens with one attached hydrogen (secondary N) is 1. The summed E-state index contributed by atoms with van der Waals surface area (Å²) >= 11 is 1.57. The second kappa shape index (κ2) is 8.07. The van der Waals surface area contributed by atoms with Crippen LogP contribution < -0.4 is 5.32 Å². The summed E-state index contributed by atoms with van der Waals surface area (Å²) in [5.41, 5.74) is 1.81. The number of likely N-dealkylation sites (N-methyl/N-ethyl adjacent to an activating group) is 1. The van der Waals surface area contributed by atoms with Crippen molar-refractivity contribution < 1.29 is 9.21 Å². The fourth-order valence-corrected chi connectivity index (χ4v) is 4.56. The first kappa shape index (κ1) is 18.7. The molecule has 3 rings (SSSR count). The average molecular weight is 372 g/mol. The van der Waals surface area contributed by atoms with E-state index in [2.05, 4.69) is 11.4 Å². The van der Waals surface area contributed by atoms with E-state index in [0.29, 0.717) is 17.1 Å². The smallest absolute Gasteiger partial charge is 0.242 e. The molecule has 1 atom stereocenters. The lowest BCUT2D eigenvalue weighted by Gasteiger charge is -2.22. The van der Waals surface area contributed by atoms with Gasteiger partial charge in [0, 0.05) is 4.88 Å². The van der Waals surface area contributed by atoms with Crippen LogP contribution in [0.5, 0.6) is 0 Å². The number of thiophene rings is 1. The quantitative estimate of drug-likeness (QED) is 0.798. The number of hydrogen-bond donors (Lipinski definition) is 1. The fourth-order valence-electron chi connectivity index (χ4n) is 3.32. The Kier molecular flexibility index (Phi) is 5.80. The monoisotopic (exact) mass is 371 g/mol. The van der Waals surface area contributed by atoms with Crippen molar-refractivity contribution in [2.24, 2.45) is 0 Å². The number of amides is 1. The summed E-state index contributed by atoms with van der Waals surface area (Å²) in [5, 5.41) is 13.3. The Morgan fingerprint density at radius 3 is 2.85 bits per heavy atom. The lowest BCUT2D eigenvalue weighted by atomic mass is 10.1. The van der Waals surface area contributed by atoms with E-state index < -0.39 is 0 Å². The molecule has 0 saturated carbocycles. The first-order valence-electron chi connectivity index (χ1n) is 9.10. The highest BCUT2D eigenvalue weighted by Gasteiger charge is 2.24. The van der Waals surface area contributed by atoms with Gasteiger partial charge in [0.2, 0.25) is 5.91 Å². The van der Waals surface area contributed by atoms with Gasteiger partial charge in [-0.05, 0) is 64.3 Å². The third kappa shape index (κ3) is 4.00. The zero-order valence-corrected chi connectivity index (χ0v) is 16.4.